The van der Waals surface area contributed by atoms with E-state index in [-0.39, 0.29) is 6.04 Å². The molecule has 1 saturated heterocycles. The molecule has 106 valence electrons. The molecule has 1 aliphatic rings. The van der Waals surface area contributed by atoms with Crippen LogP contribution in [0.1, 0.15) is 18.7 Å². The number of nitrogens with zero attached hydrogens (tertiary/aromatic N) is 3. The van der Waals surface area contributed by atoms with E-state index in [1.165, 1.54) is 0 Å². The lowest BCUT2D eigenvalue weighted by Gasteiger charge is -2.29. The molecule has 0 aliphatic carbocycles. The summed E-state index contributed by atoms with van der Waals surface area (Å²) in [5, 5.41) is 8.78. The first kappa shape index (κ1) is 13.5. The molecule has 1 atom stereocenters. The number of nitrogens with two attached hydrogens (primary N) is 1. The van der Waals surface area contributed by atoms with Crippen LogP contribution in [0.5, 0.6) is 0 Å². The van der Waals surface area contributed by atoms with Gasteiger partial charge < -0.3 is 10.2 Å². The highest BCUT2D eigenvalue weighted by molar-refractivity contribution is 6.33. The second kappa shape index (κ2) is 5.91. The number of aromatic nitrogens is 2. The second-order valence-electron chi connectivity index (χ2n) is 5.12. The Morgan fingerprint density at radius 3 is 3.00 bits per heavy atom. The monoisotopic (exact) mass is 292 g/mol. The number of rotatable bonds is 3. The second-order valence-corrected chi connectivity index (χ2v) is 5.53. The van der Waals surface area contributed by atoms with Gasteiger partial charge in [-0.05, 0) is 31.5 Å². The average Bonchev–Trinajstić information content (AvgIpc) is 2.87. The molecular formula is C14H17ClN4O. The van der Waals surface area contributed by atoms with Crippen molar-refractivity contribution in [3.63, 3.8) is 0 Å². The van der Waals surface area contributed by atoms with Crippen molar-refractivity contribution in [1.29, 1.82) is 0 Å². The van der Waals surface area contributed by atoms with Crippen LogP contribution in [-0.2, 0) is 6.54 Å². The number of hydrogen-bond donors (Lipinski definition) is 1. The number of benzene rings is 1. The van der Waals surface area contributed by atoms with Crippen LogP contribution >= 0.6 is 11.6 Å². The van der Waals surface area contributed by atoms with Crippen molar-refractivity contribution in [1.82, 2.24) is 15.1 Å². The highest BCUT2D eigenvalue weighted by atomic mass is 35.5. The van der Waals surface area contributed by atoms with Gasteiger partial charge in [0, 0.05) is 12.6 Å². The Labute approximate surface area is 122 Å². The first-order chi connectivity index (χ1) is 9.72. The molecular weight excluding hydrogens is 276 g/mol. The summed E-state index contributed by atoms with van der Waals surface area (Å²) >= 11 is 6.12. The van der Waals surface area contributed by atoms with Crippen molar-refractivity contribution in [2.24, 2.45) is 5.73 Å². The largest absolute Gasteiger partial charge is 0.419 e. The minimum absolute atomic E-state index is 0.245. The van der Waals surface area contributed by atoms with Crippen LogP contribution in [0.15, 0.2) is 28.7 Å². The summed E-state index contributed by atoms with van der Waals surface area (Å²) in [6, 6.07) is 7.70. The lowest BCUT2D eigenvalue weighted by molar-refractivity contribution is 0.185. The summed E-state index contributed by atoms with van der Waals surface area (Å²) in [4.78, 5) is 2.25. The minimum atomic E-state index is 0.245. The minimum Gasteiger partial charge on any atom is -0.419 e. The van der Waals surface area contributed by atoms with Gasteiger partial charge in [-0.2, -0.15) is 0 Å². The quantitative estimate of drug-likeness (QED) is 0.940. The lowest BCUT2D eigenvalue weighted by atomic mass is 10.1. The molecule has 1 fully saturated rings. The van der Waals surface area contributed by atoms with Crippen LogP contribution < -0.4 is 5.73 Å². The molecule has 0 amide bonds. The normalized spacial score (nSPS) is 20.2. The van der Waals surface area contributed by atoms with Crippen molar-refractivity contribution >= 4 is 11.6 Å². The van der Waals surface area contributed by atoms with Crippen molar-refractivity contribution in [2.75, 3.05) is 13.1 Å². The molecule has 3 rings (SSSR count). The fraction of sp³-hybridized carbons (Fsp3) is 0.429. The topological polar surface area (TPSA) is 68.2 Å². The molecule has 1 aliphatic heterocycles. The van der Waals surface area contributed by atoms with Gasteiger partial charge in [-0.25, -0.2) is 0 Å². The molecule has 5 nitrogen and oxygen atoms in total. The summed E-state index contributed by atoms with van der Waals surface area (Å²) in [6.07, 6.45) is 2.21. The molecule has 1 aromatic carbocycles. The van der Waals surface area contributed by atoms with Crippen molar-refractivity contribution < 1.29 is 4.42 Å². The van der Waals surface area contributed by atoms with E-state index in [4.69, 9.17) is 21.8 Å². The molecule has 0 unspecified atom stereocenters. The first-order valence-corrected chi connectivity index (χ1v) is 7.15. The molecule has 2 N–H and O–H groups in total. The van der Waals surface area contributed by atoms with Gasteiger partial charge in [-0.3, -0.25) is 4.90 Å². The van der Waals surface area contributed by atoms with E-state index in [1.54, 1.807) is 0 Å². The van der Waals surface area contributed by atoms with Crippen molar-refractivity contribution in [3.05, 3.63) is 35.2 Å². The number of likely N-dealkylation sites (tertiary alicyclic amines) is 1. The molecule has 2 aromatic rings. The van der Waals surface area contributed by atoms with E-state index in [1.807, 2.05) is 24.3 Å². The van der Waals surface area contributed by atoms with Crippen molar-refractivity contribution in [3.8, 4) is 11.5 Å². The molecule has 0 bridgehead atoms. The Morgan fingerprint density at radius 1 is 1.35 bits per heavy atom. The zero-order valence-electron chi connectivity index (χ0n) is 11.1. The van der Waals surface area contributed by atoms with Gasteiger partial charge in [0.25, 0.3) is 0 Å². The van der Waals surface area contributed by atoms with E-state index >= 15 is 0 Å². The third-order valence-electron chi connectivity index (χ3n) is 3.47. The molecule has 0 saturated carbocycles. The highest BCUT2D eigenvalue weighted by Crippen LogP contribution is 2.26. The van der Waals surface area contributed by atoms with Crippen LogP contribution in [0.25, 0.3) is 11.5 Å². The van der Waals surface area contributed by atoms with E-state index in [0.29, 0.717) is 23.3 Å². The number of piperidine rings is 1. The Bertz CT molecular complexity index is 586. The van der Waals surface area contributed by atoms with Gasteiger partial charge in [-0.1, -0.05) is 23.7 Å². The SMILES string of the molecule is N[C@@H]1CCCN(Cc2nnc(-c3ccccc3Cl)o2)C1. The van der Waals surface area contributed by atoms with Gasteiger partial charge in [0.15, 0.2) is 0 Å². The van der Waals surface area contributed by atoms with E-state index in [9.17, 15) is 0 Å². The molecule has 0 spiro atoms. The van der Waals surface area contributed by atoms with Gasteiger partial charge >= 0.3 is 0 Å². The fourth-order valence-corrected chi connectivity index (χ4v) is 2.70. The van der Waals surface area contributed by atoms with Crippen LogP contribution in [0.2, 0.25) is 5.02 Å². The Hall–Kier alpha value is -1.43. The van der Waals surface area contributed by atoms with E-state index < -0.39 is 0 Å². The highest BCUT2D eigenvalue weighted by Gasteiger charge is 2.19. The van der Waals surface area contributed by atoms with Crippen LogP contribution in [0.3, 0.4) is 0 Å². The summed E-state index contributed by atoms with van der Waals surface area (Å²) < 4.78 is 5.70. The standard InChI is InChI=1S/C14H17ClN4O/c15-12-6-2-1-5-11(12)14-18-17-13(20-14)9-19-7-3-4-10(16)8-19/h1-2,5-6,10H,3-4,7-9,16H2/t10-/m1/s1. The average molecular weight is 293 g/mol. The van der Waals surface area contributed by atoms with Gasteiger partial charge in [-0.15, -0.1) is 10.2 Å². The summed E-state index contributed by atoms with van der Waals surface area (Å²) in [5.41, 5.74) is 6.74. The maximum Gasteiger partial charge on any atom is 0.249 e. The fourth-order valence-electron chi connectivity index (χ4n) is 2.49. The summed E-state index contributed by atoms with van der Waals surface area (Å²) in [7, 11) is 0. The van der Waals surface area contributed by atoms with Gasteiger partial charge in [0.2, 0.25) is 11.8 Å². The van der Waals surface area contributed by atoms with Gasteiger partial charge in [0.05, 0.1) is 17.1 Å². The first-order valence-electron chi connectivity index (χ1n) is 6.77. The summed E-state index contributed by atoms with van der Waals surface area (Å²) in [6.45, 7) is 2.55. The summed E-state index contributed by atoms with van der Waals surface area (Å²) in [5.74, 6) is 1.07. The smallest absolute Gasteiger partial charge is 0.249 e. The van der Waals surface area contributed by atoms with Crippen molar-refractivity contribution in [2.45, 2.75) is 25.4 Å². The molecule has 0 radical (unpaired) electrons. The number of hydrogen-bond acceptors (Lipinski definition) is 5. The molecule has 2 heterocycles. The maximum absolute atomic E-state index is 6.12. The Kier molecular flexibility index (Phi) is 4.00. The molecule has 20 heavy (non-hydrogen) atoms. The third-order valence-corrected chi connectivity index (χ3v) is 3.80. The maximum atomic E-state index is 6.12. The zero-order chi connectivity index (χ0) is 13.9. The molecule has 1 aromatic heterocycles. The predicted octanol–water partition coefficient (Wildman–Crippen LogP) is 2.31. The molecule has 6 heteroatoms. The van der Waals surface area contributed by atoms with E-state index in [2.05, 4.69) is 15.1 Å². The van der Waals surface area contributed by atoms with Crippen LogP contribution in [0, 0.1) is 0 Å². The lowest BCUT2D eigenvalue weighted by Crippen LogP contribution is -2.42. The third kappa shape index (κ3) is 3.00. The van der Waals surface area contributed by atoms with Crippen LogP contribution in [0.4, 0.5) is 0 Å². The van der Waals surface area contributed by atoms with Gasteiger partial charge in [0.1, 0.15) is 0 Å². The van der Waals surface area contributed by atoms with Crippen LogP contribution in [-0.4, -0.2) is 34.2 Å². The Morgan fingerprint density at radius 2 is 2.20 bits per heavy atom. The number of halogens is 1. The van der Waals surface area contributed by atoms with E-state index in [0.717, 1.165) is 31.5 Å². The Balaban J connectivity index is 1.72. The predicted molar refractivity (Wildman–Crippen MR) is 77.2 cm³/mol. The zero-order valence-corrected chi connectivity index (χ0v) is 11.9.